The van der Waals surface area contributed by atoms with Crippen LogP contribution in [0, 0.1) is 50.2 Å². The van der Waals surface area contributed by atoms with Crippen LogP contribution in [0.5, 0.6) is 0 Å². The van der Waals surface area contributed by atoms with Crippen molar-refractivity contribution >= 4 is 11.7 Å². The smallest absolute Gasteiger partial charge is 0.312 e. The molecule has 0 aromatic carbocycles. The average Bonchev–Trinajstić information content (AvgIpc) is 2.78. The number of ether oxygens (including phenoxy) is 1. The molecule has 4 fully saturated rings. The zero-order valence-electron chi connectivity index (χ0n) is 23.6. The molecule has 1 N–H and O–H groups in total. The van der Waals surface area contributed by atoms with Gasteiger partial charge in [0.2, 0.25) is 0 Å². The summed E-state index contributed by atoms with van der Waals surface area (Å²) in [5, 5.41) is 13.5. The number of nitrogens with zero attached hydrogens (tertiary/aromatic N) is 1. The fourth-order valence-corrected chi connectivity index (χ4v) is 10.8. The zero-order valence-corrected chi connectivity index (χ0v) is 23.6. The lowest BCUT2D eigenvalue weighted by atomic mass is 9.33. The molecule has 0 aromatic heterocycles. The van der Waals surface area contributed by atoms with Crippen molar-refractivity contribution in [3.05, 3.63) is 11.6 Å². The summed E-state index contributed by atoms with van der Waals surface area (Å²) in [6, 6.07) is 0. The molecule has 4 nitrogen and oxygen atoms in total. The van der Waals surface area contributed by atoms with Crippen molar-refractivity contribution in [1.29, 1.82) is 0 Å². The number of oxime groups is 1. The van der Waals surface area contributed by atoms with Crippen LogP contribution in [0.1, 0.15) is 113 Å². The molecule has 0 spiro atoms. The predicted molar refractivity (Wildman–Crippen MR) is 140 cm³/mol. The molecule has 0 aliphatic heterocycles. The molecule has 0 heterocycles. The van der Waals surface area contributed by atoms with E-state index in [1.165, 1.54) is 12.8 Å². The molecule has 0 bridgehead atoms. The molecule has 0 radical (unpaired) electrons. The molecule has 35 heavy (non-hydrogen) atoms. The third-order valence-electron chi connectivity index (χ3n) is 13.1. The Labute approximate surface area is 213 Å². The molecular weight excluding hydrogens is 434 g/mol. The van der Waals surface area contributed by atoms with Gasteiger partial charge in [-0.1, -0.05) is 65.3 Å². The summed E-state index contributed by atoms with van der Waals surface area (Å²) in [5.74, 6) is 1.49. The van der Waals surface area contributed by atoms with Crippen LogP contribution in [0.3, 0.4) is 0 Å². The molecule has 4 saturated carbocycles. The third kappa shape index (κ3) is 3.10. The van der Waals surface area contributed by atoms with E-state index in [9.17, 15) is 10.0 Å². The minimum absolute atomic E-state index is 0.0359. The lowest BCUT2D eigenvalue weighted by Crippen LogP contribution is -2.64. The molecule has 5 rings (SSSR count). The molecule has 5 aliphatic carbocycles. The maximum Gasteiger partial charge on any atom is 0.312 e. The molecule has 7 atom stereocenters. The topological polar surface area (TPSA) is 58.9 Å². The number of methoxy groups -OCH3 is 1. The van der Waals surface area contributed by atoms with Crippen LogP contribution in [-0.4, -0.2) is 24.0 Å². The van der Waals surface area contributed by atoms with Gasteiger partial charge in [0.15, 0.2) is 0 Å². The van der Waals surface area contributed by atoms with Gasteiger partial charge in [-0.25, -0.2) is 0 Å². The Morgan fingerprint density at radius 3 is 2.31 bits per heavy atom. The van der Waals surface area contributed by atoms with Gasteiger partial charge in [0, 0.05) is 5.41 Å². The van der Waals surface area contributed by atoms with E-state index in [4.69, 9.17) is 4.74 Å². The second kappa shape index (κ2) is 7.60. The summed E-state index contributed by atoms with van der Waals surface area (Å²) in [6.45, 7) is 17.1. The van der Waals surface area contributed by atoms with Gasteiger partial charge in [-0.05, 0) is 104 Å². The van der Waals surface area contributed by atoms with Crippen molar-refractivity contribution in [2.75, 3.05) is 7.11 Å². The monoisotopic (exact) mass is 483 g/mol. The number of allylic oxidation sites excluding steroid dienone is 2. The van der Waals surface area contributed by atoms with Crippen molar-refractivity contribution < 1.29 is 14.7 Å². The van der Waals surface area contributed by atoms with Gasteiger partial charge < -0.3 is 9.94 Å². The summed E-state index contributed by atoms with van der Waals surface area (Å²) in [6.07, 6.45) is 13.4. The molecule has 0 unspecified atom stereocenters. The summed E-state index contributed by atoms with van der Waals surface area (Å²) < 4.78 is 5.50. The number of carbonyl (C=O) groups excluding carboxylic acids is 1. The van der Waals surface area contributed by atoms with Gasteiger partial charge in [0.05, 0.1) is 18.2 Å². The minimum atomic E-state index is -0.334. The number of hydrogen-bond donors (Lipinski definition) is 1. The first-order valence-electron chi connectivity index (χ1n) is 14.2. The lowest BCUT2D eigenvalue weighted by Gasteiger charge is -2.70. The molecule has 0 amide bonds. The highest BCUT2D eigenvalue weighted by Crippen LogP contribution is 2.75. The van der Waals surface area contributed by atoms with Gasteiger partial charge in [-0.15, -0.1) is 0 Å². The van der Waals surface area contributed by atoms with E-state index in [0.29, 0.717) is 17.8 Å². The second-order valence-electron chi connectivity index (χ2n) is 15.1. The van der Waals surface area contributed by atoms with E-state index >= 15 is 0 Å². The highest BCUT2D eigenvalue weighted by Gasteiger charge is 2.69. The Balaban J connectivity index is 1.60. The summed E-state index contributed by atoms with van der Waals surface area (Å²) in [7, 11) is 1.59. The Morgan fingerprint density at radius 2 is 1.66 bits per heavy atom. The maximum absolute atomic E-state index is 13.4. The molecule has 4 heteroatoms. The van der Waals surface area contributed by atoms with E-state index in [0.717, 1.165) is 57.1 Å². The Hall–Kier alpha value is -1.32. The van der Waals surface area contributed by atoms with Crippen LogP contribution in [0.2, 0.25) is 0 Å². The molecule has 0 saturated heterocycles. The summed E-state index contributed by atoms with van der Waals surface area (Å²) in [5.41, 5.74) is 3.02. The van der Waals surface area contributed by atoms with Gasteiger partial charge in [0.25, 0.3) is 0 Å². The SMILES string of the molecule is COC(=O)[C@]12CCC(C)(C)C[C@H]1C1=CC[C@@H]3[C@@]4(C)CC/C(=N/O)C(C)(C)[C@@H]4CC[C@@]3(C)[C@]1(C)CC2. The zero-order chi connectivity index (χ0) is 25.7. The van der Waals surface area contributed by atoms with Crippen LogP contribution < -0.4 is 0 Å². The van der Waals surface area contributed by atoms with Gasteiger partial charge in [-0.2, -0.15) is 0 Å². The first kappa shape index (κ1) is 25.3. The summed E-state index contributed by atoms with van der Waals surface area (Å²) in [4.78, 5) is 13.4. The van der Waals surface area contributed by atoms with Crippen molar-refractivity contribution in [3.63, 3.8) is 0 Å². The fourth-order valence-electron chi connectivity index (χ4n) is 10.8. The largest absolute Gasteiger partial charge is 0.469 e. The normalized spacial score (nSPS) is 49.1. The lowest BCUT2D eigenvalue weighted by molar-refractivity contribution is -0.181. The first-order valence-corrected chi connectivity index (χ1v) is 14.2. The molecule has 0 aromatic rings. The highest BCUT2D eigenvalue weighted by atomic mass is 16.5. The van der Waals surface area contributed by atoms with E-state index in [-0.39, 0.29) is 38.5 Å². The van der Waals surface area contributed by atoms with E-state index < -0.39 is 0 Å². The first-order chi connectivity index (χ1) is 16.2. The van der Waals surface area contributed by atoms with Gasteiger partial charge in [0.1, 0.15) is 0 Å². The molecule has 5 aliphatic rings. The van der Waals surface area contributed by atoms with Crippen molar-refractivity contribution in [1.82, 2.24) is 0 Å². The van der Waals surface area contributed by atoms with Crippen molar-refractivity contribution in [3.8, 4) is 0 Å². The van der Waals surface area contributed by atoms with Gasteiger partial charge >= 0.3 is 5.97 Å². The van der Waals surface area contributed by atoms with E-state index in [1.54, 1.807) is 12.7 Å². The van der Waals surface area contributed by atoms with Crippen LogP contribution in [0.15, 0.2) is 16.8 Å². The van der Waals surface area contributed by atoms with E-state index in [1.807, 2.05) is 0 Å². The standard InChI is InChI=1S/C31H49NO3/c1-26(2)15-17-31(25(33)35-8)18-16-29(6)20(21(31)19-26)9-10-23-28(5)13-12-24(32-34)27(3,4)22(28)11-14-30(23,29)7/h9,21-23,34H,10-19H2,1-8H3/b32-24-/t21-,22-,23+,28-,29+,30+,31-/m0/s1. The molecular formula is C31H49NO3. The summed E-state index contributed by atoms with van der Waals surface area (Å²) >= 11 is 0. The van der Waals surface area contributed by atoms with Crippen LogP contribution >= 0.6 is 0 Å². The van der Waals surface area contributed by atoms with Crippen molar-refractivity contribution in [2.45, 2.75) is 113 Å². The number of fused-ring (bicyclic) bond motifs is 7. The Morgan fingerprint density at radius 1 is 0.971 bits per heavy atom. The van der Waals surface area contributed by atoms with Crippen molar-refractivity contribution in [2.24, 2.45) is 55.4 Å². The fraction of sp³-hybridized carbons (Fsp3) is 0.871. The highest BCUT2D eigenvalue weighted by molar-refractivity contribution is 5.90. The Kier molecular flexibility index (Phi) is 5.50. The quantitative estimate of drug-likeness (QED) is 0.179. The third-order valence-corrected chi connectivity index (χ3v) is 13.1. The minimum Gasteiger partial charge on any atom is -0.469 e. The average molecular weight is 484 g/mol. The molecule has 196 valence electrons. The Bertz CT molecular complexity index is 978. The number of esters is 1. The number of rotatable bonds is 1. The van der Waals surface area contributed by atoms with Crippen LogP contribution in [-0.2, 0) is 9.53 Å². The number of carbonyl (C=O) groups is 1. The van der Waals surface area contributed by atoms with Crippen LogP contribution in [0.4, 0.5) is 0 Å². The van der Waals surface area contributed by atoms with E-state index in [2.05, 4.69) is 59.7 Å². The van der Waals surface area contributed by atoms with Crippen LogP contribution in [0.25, 0.3) is 0 Å². The predicted octanol–water partition coefficient (Wildman–Crippen LogP) is 7.79. The second-order valence-corrected chi connectivity index (χ2v) is 15.1. The maximum atomic E-state index is 13.4. The number of hydrogen-bond acceptors (Lipinski definition) is 4. The van der Waals surface area contributed by atoms with Gasteiger partial charge in [-0.3, -0.25) is 4.79 Å².